The van der Waals surface area contributed by atoms with Crippen LogP contribution >= 0.6 is 0 Å². The maximum Gasteiger partial charge on any atom is 0.309 e. The van der Waals surface area contributed by atoms with Crippen molar-refractivity contribution in [3.63, 3.8) is 0 Å². The van der Waals surface area contributed by atoms with Gasteiger partial charge in [0.1, 0.15) is 0 Å². The number of unbranched alkanes of at least 4 members (excludes halogenated alkanes) is 32. The number of carbonyl (C=O) groups is 3. The fourth-order valence-corrected chi connectivity index (χ4v) is 7.55. The van der Waals surface area contributed by atoms with Crippen molar-refractivity contribution in [2.24, 2.45) is 5.92 Å². The van der Waals surface area contributed by atoms with Crippen molar-refractivity contribution in [2.75, 3.05) is 13.2 Å². The van der Waals surface area contributed by atoms with Crippen molar-refractivity contribution in [1.29, 1.82) is 0 Å². The molecule has 55 heavy (non-hydrogen) atoms. The fraction of sp³-hybridized carbons (Fsp3) is 0.939. The van der Waals surface area contributed by atoms with Crippen molar-refractivity contribution in [1.82, 2.24) is 0 Å². The van der Waals surface area contributed by atoms with Crippen LogP contribution in [0.5, 0.6) is 0 Å². The first-order valence-electron chi connectivity index (χ1n) is 24.5. The third kappa shape index (κ3) is 40.4. The summed E-state index contributed by atoms with van der Waals surface area (Å²) in [6.07, 6.45) is 43.9. The van der Waals surface area contributed by atoms with Crippen LogP contribution in [0, 0.1) is 5.92 Å². The molecule has 0 aromatic heterocycles. The predicted octanol–water partition coefficient (Wildman–Crippen LogP) is 15.5. The zero-order valence-corrected chi connectivity index (χ0v) is 37.4. The molecule has 0 aromatic rings. The molecule has 0 aliphatic carbocycles. The summed E-state index contributed by atoms with van der Waals surface area (Å²) in [4.78, 5) is 38.6. The van der Waals surface area contributed by atoms with Crippen molar-refractivity contribution in [3.05, 3.63) is 0 Å². The lowest BCUT2D eigenvalue weighted by Crippen LogP contribution is -2.28. The summed E-state index contributed by atoms with van der Waals surface area (Å²) in [6, 6.07) is 0. The molecule has 0 radical (unpaired) electrons. The van der Waals surface area contributed by atoms with Gasteiger partial charge in [-0.1, -0.05) is 226 Å². The topological polar surface area (TPSA) is 78.9 Å². The summed E-state index contributed by atoms with van der Waals surface area (Å²) in [5.74, 6) is -1.63. The second kappa shape index (κ2) is 43.5. The number of hydrogen-bond acceptors (Lipinski definition) is 6. The second-order valence-electron chi connectivity index (χ2n) is 16.9. The molecule has 6 nitrogen and oxygen atoms in total. The first-order chi connectivity index (χ1) is 26.9. The van der Waals surface area contributed by atoms with Crippen molar-refractivity contribution in [2.45, 2.75) is 278 Å². The zero-order valence-electron chi connectivity index (χ0n) is 37.4. The summed E-state index contributed by atoms with van der Waals surface area (Å²) in [6.45, 7) is 9.35. The van der Waals surface area contributed by atoms with Crippen LogP contribution in [0.15, 0.2) is 0 Å². The number of rotatable bonds is 44. The largest absolute Gasteiger partial charge is 0.466 e. The molecular formula is C49H94O6. The summed E-state index contributed by atoms with van der Waals surface area (Å²) in [7, 11) is 0. The minimum atomic E-state index is -0.670. The highest BCUT2D eigenvalue weighted by Gasteiger charge is 2.27. The number of ether oxygens (including phenoxy) is 3. The van der Waals surface area contributed by atoms with E-state index in [0.29, 0.717) is 19.6 Å². The Bertz CT molecular complexity index is 828. The molecule has 6 heteroatoms. The van der Waals surface area contributed by atoms with Crippen LogP contribution in [0.2, 0.25) is 0 Å². The van der Waals surface area contributed by atoms with Crippen LogP contribution < -0.4 is 0 Å². The van der Waals surface area contributed by atoms with E-state index in [0.717, 1.165) is 51.4 Å². The van der Waals surface area contributed by atoms with E-state index in [-0.39, 0.29) is 30.7 Å². The van der Waals surface area contributed by atoms with E-state index in [1.165, 1.54) is 173 Å². The number of carbonyl (C=O) groups excluding carboxylic acids is 3. The molecule has 0 saturated heterocycles. The van der Waals surface area contributed by atoms with Crippen LogP contribution in [-0.2, 0) is 28.6 Å². The highest BCUT2D eigenvalue weighted by molar-refractivity contribution is 5.80. The van der Waals surface area contributed by atoms with Gasteiger partial charge in [0.2, 0.25) is 0 Å². The van der Waals surface area contributed by atoms with Crippen molar-refractivity contribution < 1.29 is 28.6 Å². The van der Waals surface area contributed by atoms with Crippen LogP contribution in [0.25, 0.3) is 0 Å². The average Bonchev–Trinajstić information content (AvgIpc) is 3.17. The summed E-state index contributed by atoms with van der Waals surface area (Å²) < 4.78 is 16.9. The standard InChI is InChI=1S/C49H94O6/c1-5-8-11-14-17-20-23-24-25-26-27-28-31-34-37-40-47(50)55-45(4)43-46(49(52)54-42-39-36-33-30-22-19-16-13-10-7-3)44-48(51)53-41-38-35-32-29-21-18-15-12-9-6-2/h45-46H,5-44H2,1-4H3. The van der Waals surface area contributed by atoms with Gasteiger partial charge in [-0.3, -0.25) is 14.4 Å². The predicted molar refractivity (Wildman–Crippen MR) is 233 cm³/mol. The van der Waals surface area contributed by atoms with Crippen LogP contribution in [0.4, 0.5) is 0 Å². The lowest BCUT2D eigenvalue weighted by atomic mass is 9.98. The van der Waals surface area contributed by atoms with Gasteiger partial charge in [-0.2, -0.15) is 0 Å². The summed E-state index contributed by atoms with van der Waals surface area (Å²) >= 11 is 0. The highest BCUT2D eigenvalue weighted by Crippen LogP contribution is 2.20. The molecule has 0 saturated carbocycles. The molecule has 0 aromatic carbocycles. The van der Waals surface area contributed by atoms with E-state index in [1.54, 1.807) is 0 Å². The molecule has 0 aliphatic heterocycles. The Kier molecular flexibility index (Phi) is 42.3. The Balaban J connectivity index is 4.40. The molecule has 326 valence electrons. The molecule has 0 rings (SSSR count). The van der Waals surface area contributed by atoms with Crippen LogP contribution in [0.3, 0.4) is 0 Å². The molecule has 0 N–H and O–H groups in total. The maximum absolute atomic E-state index is 13.2. The van der Waals surface area contributed by atoms with Crippen molar-refractivity contribution in [3.8, 4) is 0 Å². The lowest BCUT2D eigenvalue weighted by molar-refractivity contribution is -0.159. The van der Waals surface area contributed by atoms with E-state index >= 15 is 0 Å². The minimum Gasteiger partial charge on any atom is -0.466 e. The van der Waals surface area contributed by atoms with Gasteiger partial charge in [-0.25, -0.2) is 0 Å². The van der Waals surface area contributed by atoms with Crippen LogP contribution in [0.1, 0.15) is 272 Å². The second-order valence-corrected chi connectivity index (χ2v) is 16.9. The molecular weight excluding hydrogens is 685 g/mol. The third-order valence-corrected chi connectivity index (χ3v) is 11.2. The Morgan fingerprint density at radius 3 is 1.05 bits per heavy atom. The average molecular weight is 779 g/mol. The van der Waals surface area contributed by atoms with Gasteiger partial charge in [-0.05, 0) is 32.6 Å². The Labute approximate surface area is 342 Å². The van der Waals surface area contributed by atoms with Gasteiger partial charge in [0.05, 0.1) is 31.7 Å². The van der Waals surface area contributed by atoms with Crippen LogP contribution in [-0.4, -0.2) is 37.2 Å². The van der Waals surface area contributed by atoms with Crippen molar-refractivity contribution >= 4 is 17.9 Å². The molecule has 0 bridgehead atoms. The van der Waals surface area contributed by atoms with Gasteiger partial charge in [-0.15, -0.1) is 0 Å². The quantitative estimate of drug-likeness (QED) is 0.0348. The van der Waals surface area contributed by atoms with Gasteiger partial charge in [0.15, 0.2) is 0 Å². The molecule has 0 aliphatic rings. The van der Waals surface area contributed by atoms with E-state index < -0.39 is 12.0 Å². The number of esters is 3. The smallest absolute Gasteiger partial charge is 0.309 e. The SMILES string of the molecule is CCCCCCCCCCCCCCCCCC(=O)OC(C)CC(CC(=O)OCCCCCCCCCCCC)C(=O)OCCCCCCCCCCCC. The van der Waals surface area contributed by atoms with E-state index in [4.69, 9.17) is 14.2 Å². The molecule has 0 amide bonds. The highest BCUT2D eigenvalue weighted by atomic mass is 16.5. The Hall–Kier alpha value is -1.59. The van der Waals surface area contributed by atoms with E-state index in [1.807, 2.05) is 6.92 Å². The normalized spacial score (nSPS) is 12.4. The van der Waals surface area contributed by atoms with Gasteiger partial charge >= 0.3 is 17.9 Å². The first kappa shape index (κ1) is 53.4. The minimum absolute atomic E-state index is 0.0322. The van der Waals surface area contributed by atoms with Gasteiger partial charge in [0, 0.05) is 6.42 Å². The maximum atomic E-state index is 13.2. The zero-order chi connectivity index (χ0) is 40.3. The lowest BCUT2D eigenvalue weighted by Gasteiger charge is -2.20. The fourth-order valence-electron chi connectivity index (χ4n) is 7.55. The molecule has 2 unspecified atom stereocenters. The summed E-state index contributed by atoms with van der Waals surface area (Å²) in [5, 5.41) is 0. The monoisotopic (exact) mass is 779 g/mol. The number of hydrogen-bond donors (Lipinski definition) is 0. The molecule has 0 spiro atoms. The molecule has 0 fully saturated rings. The molecule has 2 atom stereocenters. The third-order valence-electron chi connectivity index (χ3n) is 11.2. The first-order valence-corrected chi connectivity index (χ1v) is 24.5. The Morgan fingerprint density at radius 1 is 0.382 bits per heavy atom. The molecule has 0 heterocycles. The van der Waals surface area contributed by atoms with Gasteiger partial charge in [0.25, 0.3) is 0 Å². The Morgan fingerprint density at radius 2 is 0.691 bits per heavy atom. The summed E-state index contributed by atoms with van der Waals surface area (Å²) in [5.41, 5.74) is 0. The van der Waals surface area contributed by atoms with E-state index in [2.05, 4.69) is 20.8 Å². The van der Waals surface area contributed by atoms with Gasteiger partial charge < -0.3 is 14.2 Å². The van der Waals surface area contributed by atoms with E-state index in [9.17, 15) is 14.4 Å².